The molecule has 1 aliphatic heterocycles. The van der Waals surface area contributed by atoms with E-state index < -0.39 is 10.9 Å². The summed E-state index contributed by atoms with van der Waals surface area (Å²) in [4.78, 5) is 0. The Labute approximate surface area is 184 Å². The minimum Gasteiger partial charge on any atom is -0.497 e. The van der Waals surface area contributed by atoms with Gasteiger partial charge in [0.05, 0.1) is 27.4 Å². The Morgan fingerprint density at radius 2 is 1.07 bits per heavy atom. The van der Waals surface area contributed by atoms with Crippen molar-refractivity contribution in [3.8, 4) is 11.5 Å². The third kappa shape index (κ3) is 5.55. The number of benzene rings is 2. The second kappa shape index (κ2) is 10.3. The lowest BCUT2D eigenvalue weighted by molar-refractivity contribution is 0.255. The first-order valence-electron chi connectivity index (χ1n) is 8.56. The fraction of sp³-hybridized carbons (Fsp3) is 0.333. The highest BCUT2D eigenvalue weighted by Crippen LogP contribution is 2.63. The van der Waals surface area contributed by atoms with Gasteiger partial charge in [0.15, 0.2) is 0 Å². The van der Waals surface area contributed by atoms with Gasteiger partial charge in [-0.3, -0.25) is 0 Å². The monoisotopic (exact) mass is 492 g/mol. The lowest BCUT2D eigenvalue weighted by atomic mass is 10.3. The summed E-state index contributed by atoms with van der Waals surface area (Å²) in [7, 11) is 3.31. The molecule has 0 bridgehead atoms. The predicted molar refractivity (Wildman–Crippen MR) is 131 cm³/mol. The van der Waals surface area contributed by atoms with Crippen LogP contribution in [0, 0.1) is 0 Å². The molecule has 0 amide bonds. The summed E-state index contributed by atoms with van der Waals surface area (Å²) in [6, 6.07) is 15.8. The van der Waals surface area contributed by atoms with Crippen molar-refractivity contribution in [1.82, 2.24) is 0 Å². The number of methoxy groups -OCH3 is 2. The molecule has 28 heavy (non-hydrogen) atoms. The lowest BCUT2D eigenvalue weighted by Gasteiger charge is -2.27. The summed E-state index contributed by atoms with van der Waals surface area (Å²) in [6.07, 6.45) is 0. The second-order valence-corrected chi connectivity index (χ2v) is 19.7. The third-order valence-corrected chi connectivity index (χ3v) is 17.4. The SMILES string of the molecule is COc1ccc(P2(=S)OCCOP(=S)(c3ccc(OC)cc3)SCCS2)cc1. The Bertz CT molecular complexity index is 781. The fourth-order valence-corrected chi connectivity index (χ4v) is 13.8. The Kier molecular flexibility index (Phi) is 8.34. The number of ether oxygens (including phenoxy) is 2. The molecule has 0 saturated carbocycles. The number of rotatable bonds is 4. The molecule has 2 aromatic carbocycles. The van der Waals surface area contributed by atoms with Gasteiger partial charge in [-0.25, -0.2) is 0 Å². The smallest absolute Gasteiger partial charge is 0.148 e. The van der Waals surface area contributed by atoms with Crippen molar-refractivity contribution >= 4 is 67.9 Å². The van der Waals surface area contributed by atoms with E-state index in [1.165, 1.54) is 0 Å². The topological polar surface area (TPSA) is 36.9 Å². The minimum absolute atomic E-state index is 0.436. The molecule has 0 spiro atoms. The average molecular weight is 493 g/mol. The molecular weight excluding hydrogens is 470 g/mol. The molecule has 0 N–H and O–H groups in total. The van der Waals surface area contributed by atoms with E-state index >= 15 is 0 Å². The van der Waals surface area contributed by atoms with E-state index in [1.807, 2.05) is 48.5 Å². The first-order chi connectivity index (χ1) is 13.5. The highest BCUT2D eigenvalue weighted by molar-refractivity contribution is 8.73. The van der Waals surface area contributed by atoms with E-state index in [0.29, 0.717) is 13.2 Å². The normalized spacial score (nSPS) is 26.4. The molecule has 0 aromatic heterocycles. The van der Waals surface area contributed by atoms with Crippen molar-refractivity contribution in [3.63, 3.8) is 0 Å². The van der Waals surface area contributed by atoms with Gasteiger partial charge in [-0.15, -0.1) is 0 Å². The molecule has 2 unspecified atom stereocenters. The molecule has 4 nitrogen and oxygen atoms in total. The third-order valence-electron chi connectivity index (χ3n) is 3.99. The van der Waals surface area contributed by atoms with Crippen LogP contribution in [0.5, 0.6) is 11.5 Å². The van der Waals surface area contributed by atoms with Crippen LogP contribution >= 0.6 is 33.7 Å². The van der Waals surface area contributed by atoms with Gasteiger partial charge in [0, 0.05) is 22.1 Å². The molecule has 1 heterocycles. The zero-order chi connectivity index (χ0) is 20.0. The fourth-order valence-electron chi connectivity index (χ4n) is 2.53. The molecule has 10 heteroatoms. The number of hydrogen-bond acceptors (Lipinski definition) is 8. The van der Waals surface area contributed by atoms with Crippen LogP contribution in [-0.2, 0) is 32.7 Å². The molecule has 3 rings (SSSR count). The molecular formula is C18H22O4P2S4. The molecule has 0 aliphatic carbocycles. The van der Waals surface area contributed by atoms with Gasteiger partial charge in [0.2, 0.25) is 0 Å². The maximum absolute atomic E-state index is 6.20. The van der Waals surface area contributed by atoms with E-state index in [-0.39, 0.29) is 0 Å². The quantitative estimate of drug-likeness (QED) is 0.565. The first kappa shape index (κ1) is 22.6. The van der Waals surface area contributed by atoms with Crippen molar-refractivity contribution in [2.75, 3.05) is 38.9 Å². The zero-order valence-corrected chi connectivity index (χ0v) is 20.7. The van der Waals surface area contributed by atoms with Crippen LogP contribution < -0.4 is 20.1 Å². The number of hydrogen-bond donors (Lipinski definition) is 0. The van der Waals surface area contributed by atoms with Crippen LogP contribution in [0.15, 0.2) is 48.5 Å². The maximum Gasteiger partial charge on any atom is 0.148 e. The summed E-state index contributed by atoms with van der Waals surface area (Å²) in [5, 5.41) is 2.10. The van der Waals surface area contributed by atoms with E-state index in [1.54, 1.807) is 37.0 Å². The van der Waals surface area contributed by atoms with E-state index in [2.05, 4.69) is 0 Å². The molecule has 152 valence electrons. The summed E-state index contributed by atoms with van der Waals surface area (Å²) in [5.74, 6) is 3.36. The highest BCUT2D eigenvalue weighted by atomic mass is 32.9. The van der Waals surface area contributed by atoms with Crippen molar-refractivity contribution < 1.29 is 18.5 Å². The van der Waals surface area contributed by atoms with Gasteiger partial charge >= 0.3 is 0 Å². The van der Waals surface area contributed by atoms with Crippen molar-refractivity contribution in [3.05, 3.63) is 48.5 Å². The largest absolute Gasteiger partial charge is 0.497 e. The predicted octanol–water partition coefficient (Wildman–Crippen LogP) is 4.79. The summed E-state index contributed by atoms with van der Waals surface area (Å²) in [5.41, 5.74) is -4.35. The van der Waals surface area contributed by atoms with Crippen LogP contribution in [0.25, 0.3) is 0 Å². The van der Waals surface area contributed by atoms with E-state index in [4.69, 9.17) is 42.1 Å². The van der Waals surface area contributed by atoms with Crippen molar-refractivity contribution in [2.24, 2.45) is 0 Å². The summed E-state index contributed by atoms with van der Waals surface area (Å²) >= 11 is 15.3. The molecule has 1 fully saturated rings. The minimum atomic E-state index is -2.18. The zero-order valence-electron chi connectivity index (χ0n) is 15.6. The van der Waals surface area contributed by atoms with Crippen molar-refractivity contribution in [1.29, 1.82) is 0 Å². The van der Waals surface area contributed by atoms with Crippen LogP contribution in [-0.4, -0.2) is 38.9 Å². The molecule has 2 atom stereocenters. The van der Waals surface area contributed by atoms with Gasteiger partial charge in [-0.2, -0.15) is 0 Å². The van der Waals surface area contributed by atoms with E-state index in [9.17, 15) is 0 Å². The standard InChI is InChI=1S/C18H22O4P2S4/c1-19-15-3-7-17(8-4-15)23(25)21-11-12-22-24(26,28-14-13-27-23)18-9-5-16(20-2)6-10-18/h3-10H,11-14H2,1-2H3. The van der Waals surface area contributed by atoms with Gasteiger partial charge in [-0.05, 0) is 48.5 Å². The van der Waals surface area contributed by atoms with Gasteiger partial charge in [0.25, 0.3) is 0 Å². The van der Waals surface area contributed by atoms with Gasteiger partial charge < -0.3 is 18.5 Å². The Morgan fingerprint density at radius 3 is 1.39 bits per heavy atom. The molecule has 0 radical (unpaired) electrons. The van der Waals surface area contributed by atoms with Gasteiger partial charge in [-0.1, -0.05) is 46.4 Å². The Morgan fingerprint density at radius 1 is 0.714 bits per heavy atom. The van der Waals surface area contributed by atoms with Crippen molar-refractivity contribution in [2.45, 2.75) is 0 Å². The van der Waals surface area contributed by atoms with Crippen LogP contribution in [0.3, 0.4) is 0 Å². The Hall–Kier alpha value is -0.0400. The molecule has 2 aromatic rings. The first-order valence-corrected chi connectivity index (χ1v) is 17.2. The van der Waals surface area contributed by atoms with Crippen LogP contribution in [0.2, 0.25) is 0 Å². The maximum atomic E-state index is 6.20. The van der Waals surface area contributed by atoms with Crippen LogP contribution in [0.1, 0.15) is 0 Å². The molecule has 1 saturated heterocycles. The summed E-state index contributed by atoms with van der Waals surface area (Å²) in [6.45, 7) is 0.872. The summed E-state index contributed by atoms with van der Waals surface area (Å²) < 4.78 is 22.9. The molecule has 1 aliphatic rings. The average Bonchev–Trinajstić information content (AvgIpc) is 2.74. The highest BCUT2D eigenvalue weighted by Gasteiger charge is 2.27. The second-order valence-electron chi connectivity index (χ2n) is 5.72. The van der Waals surface area contributed by atoms with E-state index in [0.717, 1.165) is 33.6 Å². The van der Waals surface area contributed by atoms with Gasteiger partial charge in [0.1, 0.15) is 22.4 Å². The van der Waals surface area contributed by atoms with Crippen LogP contribution in [0.4, 0.5) is 0 Å². The lowest BCUT2D eigenvalue weighted by Crippen LogP contribution is -2.13. The Balaban J connectivity index is 1.71.